The van der Waals surface area contributed by atoms with Crippen molar-refractivity contribution in [2.75, 3.05) is 24.5 Å². The summed E-state index contributed by atoms with van der Waals surface area (Å²) < 4.78 is 0. The monoisotopic (exact) mass is 298 g/mol. The maximum Gasteiger partial charge on any atom is 0.278 e. The molecule has 1 aromatic carbocycles. The normalized spacial score (nSPS) is 24.5. The predicted octanol–water partition coefficient (Wildman–Crippen LogP) is 2.33. The molecular weight excluding hydrogens is 280 g/mol. The van der Waals surface area contributed by atoms with Gasteiger partial charge in [-0.25, -0.2) is 0 Å². The Morgan fingerprint density at radius 2 is 2.18 bits per heavy atom. The van der Waals surface area contributed by atoms with E-state index in [2.05, 4.69) is 15.2 Å². The van der Waals surface area contributed by atoms with Gasteiger partial charge in [-0.2, -0.15) is 0 Å². The quantitative estimate of drug-likeness (QED) is 0.680. The summed E-state index contributed by atoms with van der Waals surface area (Å²) in [6.45, 7) is 3.12. The van der Waals surface area contributed by atoms with Crippen LogP contribution in [0.1, 0.15) is 12.8 Å². The molecule has 0 aliphatic carbocycles. The fourth-order valence-electron chi connectivity index (χ4n) is 3.86. The molecule has 0 amide bonds. The average Bonchev–Trinajstić information content (AvgIpc) is 3.01. The van der Waals surface area contributed by atoms with E-state index in [0.29, 0.717) is 17.3 Å². The Labute approximate surface area is 128 Å². The summed E-state index contributed by atoms with van der Waals surface area (Å²) in [4.78, 5) is 17.3. The Bertz CT molecular complexity index is 733. The van der Waals surface area contributed by atoms with Crippen molar-refractivity contribution in [1.29, 1.82) is 0 Å². The highest BCUT2D eigenvalue weighted by atomic mass is 16.6. The summed E-state index contributed by atoms with van der Waals surface area (Å²) >= 11 is 0. The molecule has 6 heteroatoms. The van der Waals surface area contributed by atoms with Crippen LogP contribution in [0.15, 0.2) is 30.6 Å². The van der Waals surface area contributed by atoms with E-state index in [1.165, 1.54) is 6.42 Å². The number of pyridine rings is 1. The molecule has 2 aliphatic rings. The number of benzene rings is 1. The Balaban J connectivity index is 1.76. The number of aromatic nitrogens is 1. The molecule has 1 N–H and O–H groups in total. The number of anilines is 1. The van der Waals surface area contributed by atoms with Crippen molar-refractivity contribution in [1.82, 2.24) is 10.3 Å². The largest absolute Gasteiger partial charge is 0.371 e. The summed E-state index contributed by atoms with van der Waals surface area (Å²) in [6, 6.07) is 6.03. The molecule has 0 radical (unpaired) electrons. The van der Waals surface area contributed by atoms with Crippen LogP contribution in [0, 0.1) is 16.0 Å². The molecule has 4 rings (SSSR count). The number of hydrogen-bond donors (Lipinski definition) is 1. The van der Waals surface area contributed by atoms with E-state index in [-0.39, 0.29) is 10.6 Å². The molecule has 2 aromatic rings. The third-order valence-electron chi connectivity index (χ3n) is 4.97. The molecule has 2 aliphatic heterocycles. The number of nitro groups is 1. The van der Waals surface area contributed by atoms with Crippen LogP contribution in [0.2, 0.25) is 0 Å². The van der Waals surface area contributed by atoms with Crippen LogP contribution in [0.5, 0.6) is 0 Å². The first-order valence-electron chi connectivity index (χ1n) is 7.73. The Hall–Kier alpha value is -2.21. The molecule has 22 heavy (non-hydrogen) atoms. The second kappa shape index (κ2) is 5.21. The first-order chi connectivity index (χ1) is 10.7. The second-order valence-corrected chi connectivity index (χ2v) is 6.13. The zero-order chi connectivity index (χ0) is 15.1. The van der Waals surface area contributed by atoms with Crippen molar-refractivity contribution in [2.24, 2.45) is 5.92 Å². The number of piperidine rings is 1. The lowest BCUT2D eigenvalue weighted by Gasteiger charge is -2.36. The fraction of sp³-hybridized carbons (Fsp3) is 0.438. The van der Waals surface area contributed by atoms with E-state index in [4.69, 9.17) is 0 Å². The highest BCUT2D eigenvalue weighted by Crippen LogP contribution is 2.36. The van der Waals surface area contributed by atoms with Crippen LogP contribution in [-0.2, 0) is 0 Å². The lowest BCUT2D eigenvalue weighted by atomic mass is 9.92. The second-order valence-electron chi connectivity index (χ2n) is 6.13. The first-order valence-corrected chi connectivity index (χ1v) is 7.73. The van der Waals surface area contributed by atoms with Gasteiger partial charge >= 0.3 is 0 Å². The fourth-order valence-corrected chi connectivity index (χ4v) is 3.86. The van der Waals surface area contributed by atoms with E-state index < -0.39 is 0 Å². The van der Waals surface area contributed by atoms with Crippen molar-refractivity contribution in [2.45, 2.75) is 18.9 Å². The maximum atomic E-state index is 11.2. The topological polar surface area (TPSA) is 71.3 Å². The van der Waals surface area contributed by atoms with Gasteiger partial charge in [-0.1, -0.05) is 0 Å². The lowest BCUT2D eigenvalue weighted by molar-refractivity contribution is -0.383. The first kappa shape index (κ1) is 13.5. The lowest BCUT2D eigenvalue weighted by Crippen LogP contribution is -2.44. The van der Waals surface area contributed by atoms with Crippen molar-refractivity contribution >= 4 is 22.1 Å². The van der Waals surface area contributed by atoms with Crippen molar-refractivity contribution in [3.63, 3.8) is 0 Å². The van der Waals surface area contributed by atoms with Crippen LogP contribution in [-0.4, -0.2) is 35.6 Å². The third-order valence-corrected chi connectivity index (χ3v) is 4.97. The van der Waals surface area contributed by atoms with Crippen molar-refractivity contribution in [3.05, 3.63) is 40.7 Å². The van der Waals surface area contributed by atoms with E-state index in [9.17, 15) is 10.1 Å². The number of non-ortho nitro benzene ring substituents is 1. The van der Waals surface area contributed by atoms with Gasteiger partial charge in [0, 0.05) is 48.7 Å². The molecule has 114 valence electrons. The summed E-state index contributed by atoms with van der Waals surface area (Å²) in [5.74, 6) is 0.681. The molecule has 3 heterocycles. The summed E-state index contributed by atoms with van der Waals surface area (Å²) in [7, 11) is 0. The summed E-state index contributed by atoms with van der Waals surface area (Å²) in [6.07, 6.45) is 5.65. The molecular formula is C16H18N4O2. The van der Waals surface area contributed by atoms with Crippen LogP contribution in [0.4, 0.5) is 11.4 Å². The minimum Gasteiger partial charge on any atom is -0.371 e. The van der Waals surface area contributed by atoms with Crippen LogP contribution in [0.3, 0.4) is 0 Å². The zero-order valence-corrected chi connectivity index (χ0v) is 12.2. The van der Waals surface area contributed by atoms with Gasteiger partial charge in [0.2, 0.25) is 0 Å². The number of nitro benzene ring substituents is 1. The highest BCUT2D eigenvalue weighted by Gasteiger charge is 2.33. The number of hydrogen-bond acceptors (Lipinski definition) is 5. The van der Waals surface area contributed by atoms with Gasteiger partial charge in [0.25, 0.3) is 5.69 Å². The van der Waals surface area contributed by atoms with E-state index in [1.807, 2.05) is 12.1 Å². The molecule has 2 saturated heterocycles. The Morgan fingerprint density at radius 1 is 1.27 bits per heavy atom. The van der Waals surface area contributed by atoms with E-state index in [1.54, 1.807) is 18.5 Å². The van der Waals surface area contributed by atoms with Gasteiger partial charge in [-0.05, 0) is 37.4 Å². The van der Waals surface area contributed by atoms with Crippen molar-refractivity contribution in [3.8, 4) is 0 Å². The molecule has 1 aromatic heterocycles. The number of nitrogens with one attached hydrogen (secondary N) is 1. The third kappa shape index (κ3) is 2.11. The van der Waals surface area contributed by atoms with Gasteiger partial charge < -0.3 is 10.2 Å². The standard InChI is InChI=1S/C16H18N4O2/c21-20(22)16-2-1-15(12-4-6-17-9-13(12)16)19-8-5-14-11(10-19)3-7-18-14/h1-2,4,6,9,11,14,18H,3,5,7-8,10H2. The van der Waals surface area contributed by atoms with Crippen LogP contribution >= 0.6 is 0 Å². The molecule has 2 fully saturated rings. The van der Waals surface area contributed by atoms with Gasteiger partial charge in [0.1, 0.15) is 0 Å². The molecule has 2 unspecified atom stereocenters. The van der Waals surface area contributed by atoms with E-state index >= 15 is 0 Å². The molecule has 0 saturated carbocycles. The smallest absolute Gasteiger partial charge is 0.278 e. The predicted molar refractivity (Wildman–Crippen MR) is 85.1 cm³/mol. The summed E-state index contributed by atoms with van der Waals surface area (Å²) in [5, 5.41) is 16.3. The molecule has 6 nitrogen and oxygen atoms in total. The highest BCUT2D eigenvalue weighted by molar-refractivity contribution is 5.99. The molecule has 0 bridgehead atoms. The van der Waals surface area contributed by atoms with Gasteiger partial charge in [0.05, 0.1) is 10.3 Å². The maximum absolute atomic E-state index is 11.2. The minimum atomic E-state index is -0.332. The van der Waals surface area contributed by atoms with Gasteiger partial charge in [0.15, 0.2) is 0 Å². The van der Waals surface area contributed by atoms with Crippen molar-refractivity contribution < 1.29 is 4.92 Å². The number of nitrogens with zero attached hydrogens (tertiary/aromatic N) is 3. The van der Waals surface area contributed by atoms with Gasteiger partial charge in [-0.3, -0.25) is 15.1 Å². The van der Waals surface area contributed by atoms with E-state index in [0.717, 1.165) is 37.1 Å². The van der Waals surface area contributed by atoms with Crippen LogP contribution < -0.4 is 10.2 Å². The SMILES string of the molecule is O=[N+]([O-])c1ccc(N2CCC3NCCC3C2)c2ccncc12. The Morgan fingerprint density at radius 3 is 3.05 bits per heavy atom. The van der Waals surface area contributed by atoms with Crippen LogP contribution in [0.25, 0.3) is 10.8 Å². The Kier molecular flexibility index (Phi) is 3.18. The molecule has 2 atom stereocenters. The zero-order valence-electron chi connectivity index (χ0n) is 12.2. The molecule has 0 spiro atoms. The van der Waals surface area contributed by atoms with Gasteiger partial charge in [-0.15, -0.1) is 0 Å². The summed E-state index contributed by atoms with van der Waals surface area (Å²) in [5.41, 5.74) is 1.22. The minimum absolute atomic E-state index is 0.129. The number of fused-ring (bicyclic) bond motifs is 2. The number of rotatable bonds is 2. The average molecular weight is 298 g/mol.